The average molecular weight is 338 g/mol. The van der Waals surface area contributed by atoms with Crippen molar-refractivity contribution in [2.75, 3.05) is 0 Å². The Balaban J connectivity index is 1.48. The van der Waals surface area contributed by atoms with Gasteiger partial charge in [-0.2, -0.15) is 0 Å². The molecule has 0 fully saturated rings. The lowest BCUT2D eigenvalue weighted by Crippen LogP contribution is -2.06. The van der Waals surface area contributed by atoms with E-state index in [0.29, 0.717) is 12.0 Å². The highest BCUT2D eigenvalue weighted by Gasteiger charge is 2.22. The standard InChI is InChI=1S/C21H22O4/c1-16(4-2-5-17-8-10-23-14-17)12-20-13-19(21(22)25-20)7-3-6-18-9-11-24-15-18/h3,6,8-15,20H,2,4-5,7H2,1H3/b6-3+,16-12+/t20-/m0/s1. The fourth-order valence-electron chi connectivity index (χ4n) is 2.79. The van der Waals surface area contributed by atoms with Gasteiger partial charge in [0.25, 0.3) is 0 Å². The molecule has 2 aromatic heterocycles. The van der Waals surface area contributed by atoms with Crippen LogP contribution in [0.4, 0.5) is 0 Å². The molecule has 1 atom stereocenters. The minimum Gasteiger partial charge on any atom is -0.472 e. The van der Waals surface area contributed by atoms with Crippen LogP contribution in [-0.4, -0.2) is 12.1 Å². The van der Waals surface area contributed by atoms with Crippen LogP contribution in [0.3, 0.4) is 0 Å². The lowest BCUT2D eigenvalue weighted by molar-refractivity contribution is -0.138. The summed E-state index contributed by atoms with van der Waals surface area (Å²) < 4.78 is 15.5. The Morgan fingerprint density at radius 3 is 2.80 bits per heavy atom. The van der Waals surface area contributed by atoms with Gasteiger partial charge in [0.2, 0.25) is 0 Å². The predicted octanol–water partition coefficient (Wildman–Crippen LogP) is 5.10. The first-order chi connectivity index (χ1) is 12.2. The highest BCUT2D eigenvalue weighted by atomic mass is 16.5. The first-order valence-corrected chi connectivity index (χ1v) is 8.49. The molecule has 0 bridgehead atoms. The molecule has 0 spiro atoms. The van der Waals surface area contributed by atoms with E-state index in [2.05, 4.69) is 6.92 Å². The Kier molecular flexibility index (Phi) is 5.73. The third-order valence-electron chi connectivity index (χ3n) is 4.13. The molecule has 0 aromatic carbocycles. The number of aryl methyl sites for hydroxylation is 1. The third-order valence-corrected chi connectivity index (χ3v) is 4.13. The van der Waals surface area contributed by atoms with Crippen LogP contribution in [0.2, 0.25) is 0 Å². The van der Waals surface area contributed by atoms with E-state index in [4.69, 9.17) is 13.6 Å². The normalized spacial score (nSPS) is 18.0. The van der Waals surface area contributed by atoms with E-state index in [0.717, 1.165) is 24.8 Å². The van der Waals surface area contributed by atoms with Gasteiger partial charge < -0.3 is 13.6 Å². The van der Waals surface area contributed by atoms with E-state index in [9.17, 15) is 4.79 Å². The zero-order valence-corrected chi connectivity index (χ0v) is 14.3. The van der Waals surface area contributed by atoms with Crippen molar-refractivity contribution in [1.29, 1.82) is 0 Å². The average Bonchev–Trinajstić information content (AvgIpc) is 3.31. The van der Waals surface area contributed by atoms with Gasteiger partial charge in [-0.1, -0.05) is 17.7 Å². The molecule has 1 aliphatic rings. The second-order valence-corrected chi connectivity index (χ2v) is 6.22. The van der Waals surface area contributed by atoms with Gasteiger partial charge in [0.05, 0.1) is 25.1 Å². The van der Waals surface area contributed by atoms with Crippen molar-refractivity contribution in [2.45, 2.75) is 38.7 Å². The second kappa shape index (κ2) is 8.38. The number of rotatable bonds is 8. The molecule has 4 nitrogen and oxygen atoms in total. The topological polar surface area (TPSA) is 52.6 Å². The van der Waals surface area contributed by atoms with Gasteiger partial charge in [-0.25, -0.2) is 4.79 Å². The minimum absolute atomic E-state index is 0.232. The van der Waals surface area contributed by atoms with Gasteiger partial charge in [0.1, 0.15) is 6.10 Å². The Hall–Kier alpha value is -2.75. The van der Waals surface area contributed by atoms with Crippen LogP contribution in [0, 0.1) is 0 Å². The molecule has 0 N–H and O–H groups in total. The zero-order valence-electron chi connectivity index (χ0n) is 14.3. The summed E-state index contributed by atoms with van der Waals surface area (Å²) in [7, 11) is 0. The number of ether oxygens (including phenoxy) is 1. The van der Waals surface area contributed by atoms with Crippen LogP contribution >= 0.6 is 0 Å². The molecular formula is C21H22O4. The summed E-state index contributed by atoms with van der Waals surface area (Å²) in [5.41, 5.74) is 4.13. The van der Waals surface area contributed by atoms with Crippen molar-refractivity contribution < 1.29 is 18.4 Å². The van der Waals surface area contributed by atoms with Gasteiger partial charge in [-0.15, -0.1) is 0 Å². The lowest BCUT2D eigenvalue weighted by Gasteiger charge is -2.05. The maximum Gasteiger partial charge on any atom is 0.335 e. The predicted molar refractivity (Wildman–Crippen MR) is 95.7 cm³/mol. The molecule has 1 aliphatic heterocycles. The fourth-order valence-corrected chi connectivity index (χ4v) is 2.79. The molecule has 3 heterocycles. The second-order valence-electron chi connectivity index (χ2n) is 6.22. The van der Waals surface area contributed by atoms with Crippen LogP contribution < -0.4 is 0 Å². The van der Waals surface area contributed by atoms with Gasteiger partial charge in [-0.05, 0) is 62.5 Å². The zero-order chi connectivity index (χ0) is 17.5. The van der Waals surface area contributed by atoms with Crippen LogP contribution in [0.5, 0.6) is 0 Å². The smallest absolute Gasteiger partial charge is 0.335 e. The highest BCUT2D eigenvalue weighted by Crippen LogP contribution is 2.21. The van der Waals surface area contributed by atoms with Crippen molar-refractivity contribution in [3.8, 4) is 0 Å². The Labute approximate surface area is 147 Å². The quantitative estimate of drug-likeness (QED) is 0.496. The molecular weight excluding hydrogens is 316 g/mol. The van der Waals surface area contributed by atoms with Crippen molar-refractivity contribution in [2.24, 2.45) is 0 Å². The number of furan rings is 2. The molecule has 0 unspecified atom stereocenters. The molecule has 4 heteroatoms. The van der Waals surface area contributed by atoms with Crippen molar-refractivity contribution in [3.05, 3.63) is 77.7 Å². The summed E-state index contributed by atoms with van der Waals surface area (Å²) >= 11 is 0. The number of hydrogen-bond acceptors (Lipinski definition) is 4. The minimum atomic E-state index is -0.251. The molecule has 2 aromatic rings. The maximum atomic E-state index is 11.9. The van der Waals surface area contributed by atoms with Crippen molar-refractivity contribution in [1.82, 2.24) is 0 Å². The number of esters is 1. The number of cyclic esters (lactones) is 1. The lowest BCUT2D eigenvalue weighted by atomic mass is 10.1. The van der Waals surface area contributed by atoms with Crippen LogP contribution in [-0.2, 0) is 16.0 Å². The number of allylic oxidation sites excluding steroid dienone is 2. The van der Waals surface area contributed by atoms with E-state index >= 15 is 0 Å². The monoisotopic (exact) mass is 338 g/mol. The number of carbonyl (C=O) groups excluding carboxylic acids is 1. The van der Waals surface area contributed by atoms with Gasteiger partial charge >= 0.3 is 5.97 Å². The Morgan fingerprint density at radius 1 is 1.20 bits per heavy atom. The molecule has 0 saturated carbocycles. The van der Waals surface area contributed by atoms with Crippen LogP contribution in [0.1, 0.15) is 37.3 Å². The van der Waals surface area contributed by atoms with Crippen molar-refractivity contribution >= 4 is 12.0 Å². The molecule has 25 heavy (non-hydrogen) atoms. The molecule has 0 saturated heterocycles. The fraction of sp³-hybridized carbons (Fsp3) is 0.286. The largest absolute Gasteiger partial charge is 0.472 e. The summed E-state index contributed by atoms with van der Waals surface area (Å²) in [6.07, 6.45) is 17.9. The third kappa shape index (κ3) is 5.11. The highest BCUT2D eigenvalue weighted by molar-refractivity contribution is 5.91. The van der Waals surface area contributed by atoms with Gasteiger partial charge in [-0.3, -0.25) is 0 Å². The summed E-state index contributed by atoms with van der Waals surface area (Å²) in [5.74, 6) is -0.232. The van der Waals surface area contributed by atoms with Gasteiger partial charge in [0.15, 0.2) is 0 Å². The first kappa shape index (κ1) is 17.1. The first-order valence-electron chi connectivity index (χ1n) is 8.49. The van der Waals surface area contributed by atoms with E-state index in [1.165, 1.54) is 11.1 Å². The van der Waals surface area contributed by atoms with E-state index in [1.54, 1.807) is 25.1 Å². The molecule has 0 radical (unpaired) electrons. The summed E-state index contributed by atoms with van der Waals surface area (Å²) in [6, 6.07) is 3.86. The van der Waals surface area contributed by atoms with E-state index in [1.807, 2.05) is 36.4 Å². The van der Waals surface area contributed by atoms with Crippen molar-refractivity contribution in [3.63, 3.8) is 0 Å². The summed E-state index contributed by atoms with van der Waals surface area (Å²) in [5, 5.41) is 0. The van der Waals surface area contributed by atoms with E-state index in [-0.39, 0.29) is 12.1 Å². The molecule has 130 valence electrons. The summed E-state index contributed by atoms with van der Waals surface area (Å²) in [4.78, 5) is 11.9. The Bertz CT molecular complexity index is 761. The maximum absolute atomic E-state index is 11.9. The van der Waals surface area contributed by atoms with Crippen LogP contribution in [0.25, 0.3) is 6.08 Å². The summed E-state index contributed by atoms with van der Waals surface area (Å²) in [6.45, 7) is 2.08. The number of hydrogen-bond donors (Lipinski definition) is 0. The number of carbonyl (C=O) groups is 1. The van der Waals surface area contributed by atoms with Gasteiger partial charge in [0, 0.05) is 11.1 Å². The molecule has 0 aliphatic carbocycles. The van der Waals surface area contributed by atoms with Crippen LogP contribution in [0.15, 0.2) is 75.4 Å². The SMILES string of the molecule is C/C(=C\[C@H]1C=C(C/C=C/c2ccoc2)C(=O)O1)CCCc1ccoc1. The van der Waals surface area contributed by atoms with E-state index < -0.39 is 0 Å². The Morgan fingerprint density at radius 2 is 2.04 bits per heavy atom. The molecule has 0 amide bonds. The molecule has 3 rings (SSSR count).